The molecule has 2 aromatic heterocycles. The molecule has 0 aliphatic carbocycles. The molecule has 4 heterocycles. The molecule has 2 fully saturated rings. The van der Waals surface area contributed by atoms with E-state index in [-0.39, 0.29) is 17.6 Å². The van der Waals surface area contributed by atoms with Crippen molar-refractivity contribution in [2.45, 2.75) is 24.5 Å². The fourth-order valence-electron chi connectivity index (χ4n) is 3.35. The van der Waals surface area contributed by atoms with E-state index < -0.39 is 5.82 Å². The molecule has 0 bridgehead atoms. The lowest BCUT2D eigenvalue weighted by Crippen LogP contribution is -2.36. The number of halogens is 1. The number of amides is 1. The van der Waals surface area contributed by atoms with E-state index in [1.165, 1.54) is 0 Å². The largest absolute Gasteiger partial charge is 0.371 e. The van der Waals surface area contributed by atoms with Gasteiger partial charge in [0.05, 0.1) is 37.2 Å². The van der Waals surface area contributed by atoms with Gasteiger partial charge < -0.3 is 15.0 Å². The van der Waals surface area contributed by atoms with Gasteiger partial charge in [-0.1, -0.05) is 0 Å². The molecule has 0 saturated carbocycles. The molecule has 1 amide bonds. The zero-order valence-electron chi connectivity index (χ0n) is 12.9. The van der Waals surface area contributed by atoms with E-state index in [1.807, 2.05) is 0 Å². The molecule has 9 heteroatoms. The van der Waals surface area contributed by atoms with Gasteiger partial charge in [-0.25, -0.2) is 14.4 Å². The summed E-state index contributed by atoms with van der Waals surface area (Å²) in [5.41, 5.74) is 0.146. The van der Waals surface area contributed by atoms with Crippen molar-refractivity contribution in [2.24, 2.45) is 0 Å². The molecule has 24 heavy (non-hydrogen) atoms. The Balaban J connectivity index is 1.37. The number of nitrogens with zero attached hydrogens (tertiary/aromatic N) is 4. The van der Waals surface area contributed by atoms with Crippen LogP contribution in [0.5, 0.6) is 0 Å². The summed E-state index contributed by atoms with van der Waals surface area (Å²) in [6.07, 6.45) is 5.35. The maximum Gasteiger partial charge on any atom is 0.271 e. The maximum absolute atomic E-state index is 12.9. The van der Waals surface area contributed by atoms with Crippen LogP contribution in [0, 0.1) is 5.82 Å². The van der Waals surface area contributed by atoms with Gasteiger partial charge in [0, 0.05) is 19.2 Å². The predicted molar refractivity (Wildman–Crippen MR) is 81.8 cm³/mol. The zero-order valence-corrected chi connectivity index (χ0v) is 12.9. The van der Waals surface area contributed by atoms with Crippen molar-refractivity contribution < 1.29 is 13.9 Å². The zero-order chi connectivity index (χ0) is 16.6. The molecule has 0 radical (unpaired) electrons. The number of rotatable bonds is 3. The molecule has 2 aliphatic rings. The van der Waals surface area contributed by atoms with Crippen molar-refractivity contribution in [3.05, 3.63) is 36.2 Å². The summed E-state index contributed by atoms with van der Waals surface area (Å²) >= 11 is 0. The second kappa shape index (κ2) is 5.82. The molecule has 0 aromatic carbocycles. The second-order valence-electron chi connectivity index (χ2n) is 6.21. The number of likely N-dealkylation sites (tertiary alicyclic amines) is 1. The fraction of sp³-hybridized carbons (Fsp3) is 0.467. The highest BCUT2D eigenvalue weighted by molar-refractivity contribution is 5.92. The molecule has 4 rings (SSSR count). The summed E-state index contributed by atoms with van der Waals surface area (Å²) in [5.74, 6) is -0.153. The minimum Gasteiger partial charge on any atom is -0.371 e. The predicted octanol–water partition coefficient (Wildman–Crippen LogP) is 0.824. The fourth-order valence-corrected chi connectivity index (χ4v) is 3.35. The number of aromatic nitrogens is 4. The molecule has 2 aromatic rings. The quantitative estimate of drug-likeness (QED) is 0.864. The van der Waals surface area contributed by atoms with Gasteiger partial charge in [0.25, 0.3) is 5.91 Å². The van der Waals surface area contributed by atoms with Gasteiger partial charge in [0.2, 0.25) is 5.95 Å². The van der Waals surface area contributed by atoms with E-state index in [1.54, 1.807) is 17.2 Å². The van der Waals surface area contributed by atoms with Gasteiger partial charge in [-0.15, -0.1) is 0 Å². The van der Waals surface area contributed by atoms with Gasteiger partial charge in [-0.2, -0.15) is 5.10 Å². The topological polar surface area (TPSA) is 96.0 Å². The van der Waals surface area contributed by atoms with Crippen LogP contribution >= 0.6 is 0 Å². The first kappa shape index (κ1) is 15.0. The normalized spacial score (nSPS) is 26.2. The molecule has 2 atom stereocenters. The van der Waals surface area contributed by atoms with Crippen LogP contribution in [0.4, 0.5) is 10.3 Å². The Labute approximate surface area is 137 Å². The smallest absolute Gasteiger partial charge is 0.271 e. The number of aromatic amines is 1. The number of anilines is 1. The Bertz CT molecular complexity index is 722. The standard InChI is InChI=1S/C15H17FN6O2/c16-10-6-17-14(18-7-10)20-11-5-15(24-8-11)2-4-22(9-15)13(23)12-1-3-19-21-12/h1,3,6-7,11H,2,4-5,8-9H2,(H,19,21)(H,17,18,20). The van der Waals surface area contributed by atoms with Gasteiger partial charge in [-0.3, -0.25) is 9.89 Å². The average molecular weight is 332 g/mol. The summed E-state index contributed by atoms with van der Waals surface area (Å²) in [7, 11) is 0. The van der Waals surface area contributed by atoms with E-state index in [9.17, 15) is 9.18 Å². The van der Waals surface area contributed by atoms with Crippen molar-refractivity contribution in [1.82, 2.24) is 25.1 Å². The number of carbonyl (C=O) groups is 1. The number of H-pyrrole nitrogens is 1. The van der Waals surface area contributed by atoms with Crippen LogP contribution in [0.15, 0.2) is 24.7 Å². The lowest BCUT2D eigenvalue weighted by Gasteiger charge is -2.23. The van der Waals surface area contributed by atoms with Crippen molar-refractivity contribution >= 4 is 11.9 Å². The molecule has 2 N–H and O–H groups in total. The van der Waals surface area contributed by atoms with Gasteiger partial charge in [0.1, 0.15) is 5.69 Å². The number of hydrogen-bond acceptors (Lipinski definition) is 6. The third kappa shape index (κ3) is 2.82. The van der Waals surface area contributed by atoms with E-state index >= 15 is 0 Å². The third-order valence-corrected chi connectivity index (χ3v) is 4.50. The highest BCUT2D eigenvalue weighted by Gasteiger charge is 2.47. The first-order valence-electron chi connectivity index (χ1n) is 7.80. The summed E-state index contributed by atoms with van der Waals surface area (Å²) in [6.45, 7) is 1.71. The van der Waals surface area contributed by atoms with Crippen LogP contribution < -0.4 is 5.32 Å². The van der Waals surface area contributed by atoms with Crippen LogP contribution in [0.3, 0.4) is 0 Å². The Kier molecular flexibility index (Phi) is 3.64. The summed E-state index contributed by atoms with van der Waals surface area (Å²) in [5, 5.41) is 9.67. The first-order chi connectivity index (χ1) is 11.6. The van der Waals surface area contributed by atoms with E-state index in [0.717, 1.165) is 25.2 Å². The lowest BCUT2D eigenvalue weighted by atomic mass is 9.97. The number of ether oxygens (including phenoxy) is 1. The molecule has 8 nitrogen and oxygen atoms in total. The van der Waals surface area contributed by atoms with Crippen LogP contribution in [-0.2, 0) is 4.74 Å². The second-order valence-corrected chi connectivity index (χ2v) is 6.21. The molecule has 2 saturated heterocycles. The van der Waals surface area contributed by atoms with Gasteiger partial charge in [-0.05, 0) is 12.5 Å². The molecule has 2 unspecified atom stereocenters. The van der Waals surface area contributed by atoms with Crippen LogP contribution in [0.1, 0.15) is 23.3 Å². The van der Waals surface area contributed by atoms with Crippen molar-refractivity contribution in [3.63, 3.8) is 0 Å². The Morgan fingerprint density at radius 1 is 1.46 bits per heavy atom. The van der Waals surface area contributed by atoms with Crippen LogP contribution in [0.25, 0.3) is 0 Å². The maximum atomic E-state index is 12.9. The number of nitrogens with one attached hydrogen (secondary N) is 2. The summed E-state index contributed by atoms with van der Waals surface area (Å²) in [4.78, 5) is 22.0. The van der Waals surface area contributed by atoms with E-state index in [0.29, 0.717) is 31.3 Å². The van der Waals surface area contributed by atoms with Crippen LogP contribution in [0.2, 0.25) is 0 Å². The molecule has 126 valence electrons. The average Bonchev–Trinajstić information content (AvgIpc) is 3.32. The first-order valence-corrected chi connectivity index (χ1v) is 7.80. The van der Waals surface area contributed by atoms with Gasteiger partial charge in [0.15, 0.2) is 5.82 Å². The SMILES string of the molecule is O=C(c1ccn[nH]1)N1CCC2(CC(Nc3ncc(F)cn3)CO2)C1. The van der Waals surface area contributed by atoms with Crippen LogP contribution in [-0.4, -0.2) is 62.3 Å². The summed E-state index contributed by atoms with van der Waals surface area (Å²) in [6, 6.07) is 1.71. The van der Waals surface area contributed by atoms with E-state index in [2.05, 4.69) is 25.5 Å². The molecule has 1 spiro atoms. The van der Waals surface area contributed by atoms with Crippen molar-refractivity contribution in [1.29, 1.82) is 0 Å². The highest BCUT2D eigenvalue weighted by atomic mass is 19.1. The Morgan fingerprint density at radius 3 is 3.04 bits per heavy atom. The molecular formula is C15H17FN6O2. The number of hydrogen-bond donors (Lipinski definition) is 2. The monoisotopic (exact) mass is 332 g/mol. The van der Waals surface area contributed by atoms with Crippen molar-refractivity contribution in [2.75, 3.05) is 25.0 Å². The Morgan fingerprint density at radius 2 is 2.29 bits per heavy atom. The van der Waals surface area contributed by atoms with Gasteiger partial charge >= 0.3 is 0 Å². The minimum atomic E-state index is -0.469. The lowest BCUT2D eigenvalue weighted by molar-refractivity contribution is 0.0124. The molecular weight excluding hydrogens is 315 g/mol. The Hall–Kier alpha value is -2.55. The van der Waals surface area contributed by atoms with E-state index in [4.69, 9.17) is 4.74 Å². The highest BCUT2D eigenvalue weighted by Crippen LogP contribution is 2.36. The summed E-state index contributed by atoms with van der Waals surface area (Å²) < 4.78 is 18.8. The third-order valence-electron chi connectivity index (χ3n) is 4.50. The minimum absolute atomic E-state index is 0.0395. The number of carbonyl (C=O) groups excluding carboxylic acids is 1. The van der Waals surface area contributed by atoms with Crippen molar-refractivity contribution in [3.8, 4) is 0 Å². The molecule has 2 aliphatic heterocycles.